The molecule has 2 amide bonds. The van der Waals surface area contributed by atoms with Crippen LogP contribution in [0.15, 0.2) is 72.8 Å². The van der Waals surface area contributed by atoms with Crippen molar-refractivity contribution in [1.82, 2.24) is 10.2 Å². The van der Waals surface area contributed by atoms with E-state index in [1.807, 2.05) is 72.8 Å². The van der Waals surface area contributed by atoms with Crippen LogP contribution in [0.2, 0.25) is 0 Å². The predicted molar refractivity (Wildman–Crippen MR) is 117 cm³/mol. The molecule has 1 saturated heterocycles. The van der Waals surface area contributed by atoms with Gasteiger partial charge in [-0.1, -0.05) is 66.7 Å². The van der Waals surface area contributed by atoms with Gasteiger partial charge >= 0.3 is 12.2 Å². The van der Waals surface area contributed by atoms with Crippen LogP contribution in [0.3, 0.4) is 0 Å². The Kier molecular flexibility index (Phi) is 5.86. The van der Waals surface area contributed by atoms with Gasteiger partial charge in [0.1, 0.15) is 0 Å². The van der Waals surface area contributed by atoms with Gasteiger partial charge in [-0.15, -0.1) is 0 Å². The number of hydrogen-bond acceptors (Lipinski definition) is 2. The second kappa shape index (κ2) is 8.47. The number of amides is 2. The summed E-state index contributed by atoms with van der Waals surface area (Å²) in [5.74, 6) is 0. The maximum Gasteiger partial charge on any atom is 0.436 e. The number of carbonyl (C=O) groups is 1. The quantitative estimate of drug-likeness (QED) is 0.552. The summed E-state index contributed by atoms with van der Waals surface area (Å²) < 4.78 is 47.1. The maximum atomic E-state index is 14.0. The standard InChI is InChI=1S/C25H25F3N2O2/c1-17(20-13-12-19-10-6-7-11-21(19)15-20)29-23(31)30-22(14-18-8-4-3-5-9-18)16-32-24(30,2)25(26,27)28/h3-13,15,17,22H,14,16H2,1-2H3,(H,29,31)/t17-,22+,24-/m1/s1. The highest BCUT2D eigenvalue weighted by Crippen LogP contribution is 2.42. The van der Waals surface area contributed by atoms with Crippen LogP contribution in [-0.2, 0) is 11.2 Å². The molecule has 168 valence electrons. The third kappa shape index (κ3) is 4.17. The highest BCUT2D eigenvalue weighted by atomic mass is 19.4. The lowest BCUT2D eigenvalue weighted by Crippen LogP contribution is -2.61. The Morgan fingerprint density at radius 1 is 1.09 bits per heavy atom. The fourth-order valence-corrected chi connectivity index (χ4v) is 4.18. The molecular formula is C25H25F3N2O2. The highest BCUT2D eigenvalue weighted by Gasteiger charge is 2.63. The number of benzene rings is 3. The van der Waals surface area contributed by atoms with Gasteiger partial charge in [-0.2, -0.15) is 13.2 Å². The van der Waals surface area contributed by atoms with Crippen molar-refractivity contribution in [3.05, 3.63) is 83.9 Å². The Morgan fingerprint density at radius 2 is 1.75 bits per heavy atom. The number of ether oxygens (including phenoxy) is 1. The van der Waals surface area contributed by atoms with E-state index in [0.29, 0.717) is 0 Å². The van der Waals surface area contributed by atoms with Gasteiger partial charge in [0.2, 0.25) is 5.72 Å². The molecule has 0 aromatic heterocycles. The average Bonchev–Trinajstić information content (AvgIpc) is 3.11. The van der Waals surface area contributed by atoms with Crippen molar-refractivity contribution in [2.24, 2.45) is 0 Å². The lowest BCUT2D eigenvalue weighted by atomic mass is 10.0. The topological polar surface area (TPSA) is 41.6 Å². The first-order chi connectivity index (χ1) is 15.2. The zero-order chi connectivity index (χ0) is 22.9. The van der Waals surface area contributed by atoms with Crippen molar-refractivity contribution < 1.29 is 22.7 Å². The summed E-state index contributed by atoms with van der Waals surface area (Å²) >= 11 is 0. The van der Waals surface area contributed by atoms with Crippen molar-refractivity contribution in [3.8, 4) is 0 Å². The van der Waals surface area contributed by atoms with Gasteiger partial charge in [0.05, 0.1) is 18.7 Å². The third-order valence-electron chi connectivity index (χ3n) is 6.05. The van der Waals surface area contributed by atoms with Crippen LogP contribution < -0.4 is 5.32 Å². The van der Waals surface area contributed by atoms with E-state index in [2.05, 4.69) is 5.32 Å². The van der Waals surface area contributed by atoms with Gasteiger partial charge in [0, 0.05) is 0 Å². The van der Waals surface area contributed by atoms with Crippen LogP contribution >= 0.6 is 0 Å². The fraction of sp³-hybridized carbons (Fsp3) is 0.320. The van der Waals surface area contributed by atoms with Crippen molar-refractivity contribution in [2.45, 2.75) is 44.3 Å². The number of alkyl halides is 3. The Morgan fingerprint density at radius 3 is 2.44 bits per heavy atom. The summed E-state index contributed by atoms with van der Waals surface area (Å²) in [6, 6.07) is 20.6. The summed E-state index contributed by atoms with van der Waals surface area (Å²) in [6.07, 6.45) is -4.47. The van der Waals surface area contributed by atoms with Gasteiger partial charge < -0.3 is 10.1 Å². The molecule has 1 fully saturated rings. The van der Waals surface area contributed by atoms with Crippen LogP contribution in [0, 0.1) is 0 Å². The number of hydrogen-bond donors (Lipinski definition) is 1. The molecule has 7 heteroatoms. The van der Waals surface area contributed by atoms with Gasteiger partial charge in [-0.3, -0.25) is 4.90 Å². The Bertz CT molecular complexity index is 1100. The van der Waals surface area contributed by atoms with E-state index < -0.39 is 30.0 Å². The number of urea groups is 1. The molecule has 3 aromatic carbocycles. The molecule has 4 nitrogen and oxygen atoms in total. The predicted octanol–water partition coefficient (Wildman–Crippen LogP) is 5.83. The molecule has 32 heavy (non-hydrogen) atoms. The molecule has 1 aliphatic heterocycles. The SMILES string of the molecule is C[C@@H](NC(=O)N1[C@@H](Cc2ccccc2)CO[C@]1(C)C(F)(F)F)c1ccc2ccccc2c1. The largest absolute Gasteiger partial charge is 0.436 e. The molecule has 0 aliphatic carbocycles. The average molecular weight is 442 g/mol. The minimum absolute atomic E-state index is 0.192. The lowest BCUT2D eigenvalue weighted by molar-refractivity contribution is -0.288. The van der Waals surface area contributed by atoms with Crippen LogP contribution in [0.25, 0.3) is 10.8 Å². The first kappa shape index (κ1) is 22.1. The number of halogens is 3. The van der Waals surface area contributed by atoms with Gasteiger partial charge in [0.25, 0.3) is 0 Å². The monoisotopic (exact) mass is 442 g/mol. The first-order valence-electron chi connectivity index (χ1n) is 10.5. The zero-order valence-electron chi connectivity index (χ0n) is 17.9. The highest BCUT2D eigenvalue weighted by molar-refractivity contribution is 5.83. The molecule has 0 saturated carbocycles. The number of fused-ring (bicyclic) bond motifs is 1. The minimum Gasteiger partial charge on any atom is -0.345 e. The summed E-state index contributed by atoms with van der Waals surface area (Å²) in [7, 11) is 0. The van der Waals surface area contributed by atoms with Crippen LogP contribution in [0.4, 0.5) is 18.0 Å². The van der Waals surface area contributed by atoms with E-state index in [-0.39, 0.29) is 13.0 Å². The van der Waals surface area contributed by atoms with Crippen LogP contribution in [0.1, 0.15) is 31.0 Å². The Labute approximate surface area is 185 Å². The third-order valence-corrected chi connectivity index (χ3v) is 6.05. The molecule has 1 N–H and O–H groups in total. The second-order valence-corrected chi connectivity index (χ2v) is 8.28. The van der Waals surface area contributed by atoms with Crippen LogP contribution in [0.5, 0.6) is 0 Å². The summed E-state index contributed by atoms with van der Waals surface area (Å²) in [5.41, 5.74) is -1.04. The summed E-state index contributed by atoms with van der Waals surface area (Å²) in [6.45, 7) is 2.48. The van der Waals surface area contributed by atoms with Crippen molar-refractivity contribution in [1.29, 1.82) is 0 Å². The fourth-order valence-electron chi connectivity index (χ4n) is 4.18. The van der Waals surface area contributed by atoms with Crippen molar-refractivity contribution >= 4 is 16.8 Å². The number of carbonyl (C=O) groups excluding carboxylic acids is 1. The number of rotatable bonds is 4. The van der Waals surface area contributed by atoms with Crippen molar-refractivity contribution in [3.63, 3.8) is 0 Å². The minimum atomic E-state index is -4.73. The molecule has 4 rings (SSSR count). The molecule has 1 heterocycles. The van der Waals surface area contributed by atoms with Crippen LogP contribution in [-0.4, -0.2) is 35.5 Å². The molecular weight excluding hydrogens is 417 g/mol. The van der Waals surface area contributed by atoms with Gasteiger partial charge in [-0.05, 0) is 48.2 Å². The molecule has 0 unspecified atom stereocenters. The van der Waals surface area contributed by atoms with Gasteiger partial charge in [0.15, 0.2) is 0 Å². The van der Waals surface area contributed by atoms with E-state index in [4.69, 9.17) is 4.74 Å². The molecule has 0 radical (unpaired) electrons. The van der Waals surface area contributed by atoms with E-state index in [0.717, 1.165) is 33.7 Å². The molecule has 0 bridgehead atoms. The van der Waals surface area contributed by atoms with E-state index in [9.17, 15) is 18.0 Å². The first-order valence-corrected chi connectivity index (χ1v) is 10.5. The Hall–Kier alpha value is -3.06. The lowest BCUT2D eigenvalue weighted by Gasteiger charge is -2.38. The summed E-state index contributed by atoms with van der Waals surface area (Å²) in [5, 5.41) is 4.80. The number of nitrogens with one attached hydrogen (secondary N) is 1. The molecule has 1 aliphatic rings. The van der Waals surface area contributed by atoms with Crippen molar-refractivity contribution in [2.75, 3.05) is 6.61 Å². The van der Waals surface area contributed by atoms with E-state index in [1.54, 1.807) is 6.92 Å². The smallest absolute Gasteiger partial charge is 0.345 e. The Balaban J connectivity index is 1.59. The second-order valence-electron chi connectivity index (χ2n) is 8.28. The zero-order valence-corrected chi connectivity index (χ0v) is 17.9. The molecule has 3 atom stereocenters. The number of nitrogens with zero attached hydrogens (tertiary/aromatic N) is 1. The molecule has 3 aromatic rings. The van der Waals surface area contributed by atoms with E-state index in [1.165, 1.54) is 0 Å². The normalized spacial score (nSPS) is 22.2. The van der Waals surface area contributed by atoms with Gasteiger partial charge in [-0.25, -0.2) is 4.79 Å². The molecule has 0 spiro atoms. The van der Waals surface area contributed by atoms with E-state index >= 15 is 0 Å². The summed E-state index contributed by atoms with van der Waals surface area (Å²) in [4.78, 5) is 14.0. The maximum absolute atomic E-state index is 14.0.